The fourth-order valence-electron chi connectivity index (χ4n) is 3.02. The van der Waals surface area contributed by atoms with Gasteiger partial charge in [0.05, 0.1) is 6.54 Å². The summed E-state index contributed by atoms with van der Waals surface area (Å²) in [5.41, 5.74) is 4.77. The number of hydrogen-bond acceptors (Lipinski definition) is 4. The van der Waals surface area contributed by atoms with E-state index in [0.717, 1.165) is 36.3 Å². The minimum Gasteiger partial charge on any atom is -0.347 e. The lowest BCUT2D eigenvalue weighted by molar-refractivity contribution is 0.0944. The van der Waals surface area contributed by atoms with Crippen LogP contribution in [-0.2, 0) is 26.1 Å². The van der Waals surface area contributed by atoms with Crippen molar-refractivity contribution in [1.29, 1.82) is 0 Å². The van der Waals surface area contributed by atoms with Gasteiger partial charge in [-0.2, -0.15) is 10.2 Å². The molecule has 0 radical (unpaired) electrons. The number of benzene rings is 1. The molecule has 3 aromatic rings. The largest absolute Gasteiger partial charge is 0.347 e. The van der Waals surface area contributed by atoms with Crippen LogP contribution in [0.3, 0.4) is 0 Å². The third-order valence-corrected chi connectivity index (χ3v) is 4.40. The van der Waals surface area contributed by atoms with Gasteiger partial charge < -0.3 is 10.6 Å². The van der Waals surface area contributed by atoms with E-state index in [1.54, 1.807) is 6.20 Å². The highest BCUT2D eigenvalue weighted by Gasteiger charge is 2.21. The Kier molecular flexibility index (Phi) is 5.70. The Morgan fingerprint density at radius 3 is 2.81 bits per heavy atom. The third kappa shape index (κ3) is 3.95. The van der Waals surface area contributed by atoms with Gasteiger partial charge in [-0.3, -0.25) is 14.6 Å². The lowest BCUT2D eigenvalue weighted by Gasteiger charge is -2.13. The molecule has 1 aliphatic heterocycles. The molecular formula is C18H21ClN6O. The molecule has 136 valence electrons. The van der Waals surface area contributed by atoms with Gasteiger partial charge in [0.1, 0.15) is 0 Å². The van der Waals surface area contributed by atoms with Crippen molar-refractivity contribution >= 4 is 18.3 Å². The van der Waals surface area contributed by atoms with E-state index in [4.69, 9.17) is 0 Å². The zero-order valence-corrected chi connectivity index (χ0v) is 15.1. The van der Waals surface area contributed by atoms with Crippen molar-refractivity contribution < 1.29 is 4.79 Å². The highest BCUT2D eigenvalue weighted by atomic mass is 35.5. The molecule has 0 saturated heterocycles. The van der Waals surface area contributed by atoms with E-state index >= 15 is 0 Å². The Morgan fingerprint density at radius 1 is 1.23 bits per heavy atom. The minimum absolute atomic E-state index is 0. The van der Waals surface area contributed by atoms with E-state index < -0.39 is 0 Å². The summed E-state index contributed by atoms with van der Waals surface area (Å²) >= 11 is 0. The number of amides is 1. The first-order valence-corrected chi connectivity index (χ1v) is 8.40. The molecule has 1 aliphatic rings. The Bertz CT molecular complexity index is 856. The van der Waals surface area contributed by atoms with Crippen LogP contribution in [0.4, 0.5) is 0 Å². The van der Waals surface area contributed by atoms with Crippen LogP contribution in [0.25, 0.3) is 0 Å². The standard InChI is InChI=1S/C18H20N6O.ClH/c25-18(17-15-11-19-8-6-16(15)22-23-17)20-10-13-2-4-14(5-3-13)12-24-9-1-7-21-24;/h1-5,7,9,19H,6,8,10-12H2,(H,20,25)(H,22,23);1H. The molecular weight excluding hydrogens is 352 g/mol. The number of carbonyl (C=O) groups excluding carboxylic acids is 1. The maximum absolute atomic E-state index is 12.4. The minimum atomic E-state index is -0.137. The van der Waals surface area contributed by atoms with Crippen molar-refractivity contribution in [3.63, 3.8) is 0 Å². The number of rotatable bonds is 5. The van der Waals surface area contributed by atoms with E-state index in [1.807, 2.05) is 29.1 Å². The molecule has 0 spiro atoms. The van der Waals surface area contributed by atoms with Gasteiger partial charge in [-0.05, 0) is 17.2 Å². The van der Waals surface area contributed by atoms with Crippen LogP contribution in [0.5, 0.6) is 0 Å². The van der Waals surface area contributed by atoms with Crippen molar-refractivity contribution in [2.75, 3.05) is 6.54 Å². The van der Waals surface area contributed by atoms with Crippen molar-refractivity contribution in [2.24, 2.45) is 0 Å². The Labute approximate surface area is 157 Å². The van der Waals surface area contributed by atoms with Gasteiger partial charge in [0.25, 0.3) is 5.91 Å². The Morgan fingerprint density at radius 2 is 2.04 bits per heavy atom. The molecule has 0 unspecified atom stereocenters. The number of fused-ring (bicyclic) bond motifs is 1. The van der Waals surface area contributed by atoms with Gasteiger partial charge in [-0.1, -0.05) is 24.3 Å². The zero-order chi connectivity index (χ0) is 17.1. The summed E-state index contributed by atoms with van der Waals surface area (Å²) in [6.45, 7) is 2.83. The molecule has 1 amide bonds. The van der Waals surface area contributed by atoms with Crippen LogP contribution < -0.4 is 10.6 Å². The monoisotopic (exact) mass is 372 g/mol. The third-order valence-electron chi connectivity index (χ3n) is 4.40. The molecule has 3 N–H and O–H groups in total. The van der Waals surface area contributed by atoms with Gasteiger partial charge in [0, 0.05) is 49.7 Å². The quantitative estimate of drug-likeness (QED) is 0.635. The average molecular weight is 373 g/mol. The molecule has 8 heteroatoms. The first kappa shape index (κ1) is 18.2. The van der Waals surface area contributed by atoms with Crippen molar-refractivity contribution in [3.05, 3.63) is 70.8 Å². The number of hydrogen-bond donors (Lipinski definition) is 3. The normalized spacial score (nSPS) is 12.9. The molecule has 26 heavy (non-hydrogen) atoms. The number of aromatic amines is 1. The topological polar surface area (TPSA) is 87.6 Å². The number of nitrogens with zero attached hydrogens (tertiary/aromatic N) is 3. The molecule has 3 heterocycles. The smallest absolute Gasteiger partial charge is 0.272 e. The summed E-state index contributed by atoms with van der Waals surface area (Å²) in [4.78, 5) is 12.4. The van der Waals surface area contributed by atoms with E-state index in [-0.39, 0.29) is 18.3 Å². The predicted molar refractivity (Wildman–Crippen MR) is 100 cm³/mol. The van der Waals surface area contributed by atoms with E-state index in [0.29, 0.717) is 18.8 Å². The van der Waals surface area contributed by atoms with E-state index in [2.05, 4.69) is 38.1 Å². The number of carbonyl (C=O) groups is 1. The predicted octanol–water partition coefficient (Wildman–Crippen LogP) is 1.65. The fourth-order valence-corrected chi connectivity index (χ4v) is 3.02. The summed E-state index contributed by atoms with van der Waals surface area (Å²) in [7, 11) is 0. The van der Waals surface area contributed by atoms with Crippen molar-refractivity contribution in [1.82, 2.24) is 30.6 Å². The number of nitrogens with one attached hydrogen (secondary N) is 3. The summed E-state index contributed by atoms with van der Waals surface area (Å²) in [6.07, 6.45) is 4.59. The lowest BCUT2D eigenvalue weighted by atomic mass is 10.1. The van der Waals surface area contributed by atoms with E-state index in [9.17, 15) is 4.79 Å². The molecule has 0 saturated carbocycles. The maximum atomic E-state index is 12.4. The summed E-state index contributed by atoms with van der Waals surface area (Å²) in [5, 5.41) is 17.6. The van der Waals surface area contributed by atoms with Gasteiger partial charge >= 0.3 is 0 Å². The SMILES string of the molecule is Cl.O=C(NCc1ccc(Cn2cccn2)cc1)c1n[nH]c2c1CNCC2. The molecule has 0 aliphatic carbocycles. The second-order valence-electron chi connectivity index (χ2n) is 6.16. The molecule has 0 atom stereocenters. The van der Waals surface area contributed by atoms with Gasteiger partial charge in [0.15, 0.2) is 5.69 Å². The Hall–Kier alpha value is -2.64. The fraction of sp³-hybridized carbons (Fsp3) is 0.278. The highest BCUT2D eigenvalue weighted by Crippen LogP contribution is 2.15. The van der Waals surface area contributed by atoms with Crippen molar-refractivity contribution in [3.8, 4) is 0 Å². The van der Waals surface area contributed by atoms with Gasteiger partial charge in [0.2, 0.25) is 0 Å². The maximum Gasteiger partial charge on any atom is 0.272 e. The summed E-state index contributed by atoms with van der Waals surface area (Å²) in [5.74, 6) is -0.137. The van der Waals surface area contributed by atoms with E-state index in [1.165, 1.54) is 5.56 Å². The molecule has 1 aromatic carbocycles. The Balaban J connectivity index is 0.00000196. The van der Waals surface area contributed by atoms with Gasteiger partial charge in [-0.15, -0.1) is 12.4 Å². The van der Waals surface area contributed by atoms with Crippen LogP contribution >= 0.6 is 12.4 Å². The number of H-pyrrole nitrogens is 1. The number of aromatic nitrogens is 4. The molecule has 0 bridgehead atoms. The second-order valence-corrected chi connectivity index (χ2v) is 6.16. The molecule has 7 nitrogen and oxygen atoms in total. The van der Waals surface area contributed by atoms with Crippen LogP contribution in [-0.4, -0.2) is 32.4 Å². The summed E-state index contributed by atoms with van der Waals surface area (Å²) in [6, 6.07) is 10.1. The molecule has 4 rings (SSSR count). The van der Waals surface area contributed by atoms with Crippen LogP contribution in [0.2, 0.25) is 0 Å². The molecule has 0 fully saturated rings. The molecule has 2 aromatic heterocycles. The second kappa shape index (κ2) is 8.16. The first-order valence-electron chi connectivity index (χ1n) is 8.40. The number of halogens is 1. The van der Waals surface area contributed by atoms with Gasteiger partial charge in [-0.25, -0.2) is 0 Å². The first-order chi connectivity index (χ1) is 12.3. The van der Waals surface area contributed by atoms with Crippen LogP contribution in [0.15, 0.2) is 42.7 Å². The van der Waals surface area contributed by atoms with Crippen molar-refractivity contribution in [2.45, 2.75) is 26.1 Å². The lowest BCUT2D eigenvalue weighted by Crippen LogP contribution is -2.28. The highest BCUT2D eigenvalue weighted by molar-refractivity contribution is 5.94. The zero-order valence-electron chi connectivity index (χ0n) is 14.2. The summed E-state index contributed by atoms with van der Waals surface area (Å²) < 4.78 is 1.88. The van der Waals surface area contributed by atoms with Crippen LogP contribution in [0.1, 0.15) is 32.9 Å². The van der Waals surface area contributed by atoms with Crippen LogP contribution in [0, 0.1) is 0 Å². The average Bonchev–Trinajstić information content (AvgIpc) is 3.30.